The van der Waals surface area contributed by atoms with E-state index in [1.165, 1.54) is 62.9 Å². The number of rotatable bonds is 2. The van der Waals surface area contributed by atoms with Crippen LogP contribution in [0.2, 0.25) is 0 Å². The molecule has 0 aromatic heterocycles. The summed E-state index contributed by atoms with van der Waals surface area (Å²) in [7, 11) is 4.45. The molecule has 3 heterocycles. The molecule has 5 nitrogen and oxygen atoms in total. The van der Waals surface area contributed by atoms with Gasteiger partial charge in [0, 0.05) is 14.1 Å². The molecule has 2 fully saturated rings. The van der Waals surface area contributed by atoms with Crippen LogP contribution in [0.25, 0.3) is 0 Å². The van der Waals surface area contributed by atoms with Gasteiger partial charge in [-0.1, -0.05) is 37.8 Å². The van der Waals surface area contributed by atoms with Crippen LogP contribution in [-0.4, -0.2) is 65.8 Å². The molecule has 0 aromatic carbocycles. The maximum absolute atomic E-state index is 5.12. The third-order valence-corrected chi connectivity index (χ3v) is 7.06. The van der Waals surface area contributed by atoms with Gasteiger partial charge < -0.3 is 15.1 Å². The van der Waals surface area contributed by atoms with E-state index >= 15 is 0 Å². The minimum Gasteiger partial charge on any atom is -0.369 e. The van der Waals surface area contributed by atoms with Gasteiger partial charge in [-0.05, 0) is 31.8 Å². The molecular weight excluding hydrogens is 322 g/mol. The number of hydrogen-bond acceptors (Lipinski definition) is 5. The second-order valence-corrected chi connectivity index (χ2v) is 8.59. The van der Waals surface area contributed by atoms with Crippen molar-refractivity contribution in [1.82, 2.24) is 15.1 Å². The molecule has 0 aromatic rings. The van der Waals surface area contributed by atoms with Crippen molar-refractivity contribution >= 4 is 11.7 Å². The first kappa shape index (κ1) is 16.4. The summed E-state index contributed by atoms with van der Waals surface area (Å²) in [4.78, 5) is 15.1. The van der Waals surface area contributed by atoms with Crippen molar-refractivity contribution in [3.8, 4) is 0 Å². The average Bonchev–Trinajstić information content (AvgIpc) is 3.20. The maximum Gasteiger partial charge on any atom is 0.147 e. The van der Waals surface area contributed by atoms with Gasteiger partial charge >= 0.3 is 0 Å². The predicted molar refractivity (Wildman–Crippen MR) is 107 cm³/mol. The number of likely N-dealkylation sites (N-methyl/N-ethyl adjacent to an activating group) is 2. The molecule has 5 aliphatic rings. The number of dihydropyridines is 1. The van der Waals surface area contributed by atoms with Gasteiger partial charge in [0.25, 0.3) is 0 Å². The summed E-state index contributed by atoms with van der Waals surface area (Å²) in [5, 5.41) is 3.75. The standard InChI is InChI=1S/C21H31N5/c1-25-18-12-5-3-8-14(18)23-20(25)16-10-7-11-17(22-16)21-24-15-9-4-6-13-19(15)26(21)2/h7,10-11,14-16,18-19,22H,3-6,8-9,12-13H2,1-2H3. The van der Waals surface area contributed by atoms with Crippen LogP contribution in [-0.2, 0) is 0 Å². The van der Waals surface area contributed by atoms with Crippen molar-refractivity contribution in [1.29, 1.82) is 0 Å². The highest BCUT2D eigenvalue weighted by Crippen LogP contribution is 2.33. The Kier molecular flexibility index (Phi) is 4.06. The largest absolute Gasteiger partial charge is 0.369 e. The molecule has 5 rings (SSSR count). The first-order valence-electron chi connectivity index (χ1n) is 10.5. The molecular formula is C21H31N5. The predicted octanol–water partition coefficient (Wildman–Crippen LogP) is 2.71. The van der Waals surface area contributed by atoms with Crippen molar-refractivity contribution in [2.75, 3.05) is 14.1 Å². The lowest BCUT2D eigenvalue weighted by atomic mass is 9.91. The molecule has 1 N–H and O–H groups in total. The lowest BCUT2D eigenvalue weighted by Gasteiger charge is -2.33. The summed E-state index contributed by atoms with van der Waals surface area (Å²) in [6.07, 6.45) is 17.0. The normalized spacial score (nSPS) is 39.0. The van der Waals surface area contributed by atoms with Gasteiger partial charge in [0.05, 0.1) is 29.9 Å². The van der Waals surface area contributed by atoms with Crippen LogP contribution in [0.1, 0.15) is 51.4 Å². The van der Waals surface area contributed by atoms with E-state index in [1.54, 1.807) is 0 Å². The minimum atomic E-state index is 0.171. The quantitative estimate of drug-likeness (QED) is 0.830. The van der Waals surface area contributed by atoms with E-state index in [2.05, 4.69) is 47.4 Å². The van der Waals surface area contributed by atoms with E-state index in [1.807, 2.05) is 0 Å². The molecule has 26 heavy (non-hydrogen) atoms. The zero-order chi connectivity index (χ0) is 17.7. The molecule has 140 valence electrons. The Hall–Kier alpha value is -1.78. The van der Waals surface area contributed by atoms with Crippen LogP contribution < -0.4 is 5.32 Å². The van der Waals surface area contributed by atoms with Crippen LogP contribution in [0.5, 0.6) is 0 Å². The second kappa shape index (κ2) is 6.43. The topological polar surface area (TPSA) is 43.2 Å². The first-order valence-corrected chi connectivity index (χ1v) is 10.5. The molecule has 5 unspecified atom stereocenters. The Morgan fingerprint density at radius 1 is 0.885 bits per heavy atom. The van der Waals surface area contributed by atoms with E-state index in [9.17, 15) is 0 Å². The molecule has 2 saturated carbocycles. The lowest BCUT2D eigenvalue weighted by molar-refractivity contribution is 0.272. The Labute approximate surface area is 156 Å². The highest BCUT2D eigenvalue weighted by molar-refractivity contribution is 6.01. The minimum absolute atomic E-state index is 0.171. The highest BCUT2D eigenvalue weighted by atomic mass is 15.3. The zero-order valence-electron chi connectivity index (χ0n) is 16.1. The van der Waals surface area contributed by atoms with Crippen molar-refractivity contribution < 1.29 is 0 Å². The molecule has 3 aliphatic heterocycles. The van der Waals surface area contributed by atoms with Gasteiger partial charge in [-0.15, -0.1) is 0 Å². The van der Waals surface area contributed by atoms with Crippen molar-refractivity contribution in [3.05, 3.63) is 23.9 Å². The summed E-state index contributed by atoms with van der Waals surface area (Å²) in [6.45, 7) is 0. The molecule has 0 bridgehead atoms. The van der Waals surface area contributed by atoms with Crippen molar-refractivity contribution in [2.24, 2.45) is 9.98 Å². The Balaban J connectivity index is 1.34. The fourth-order valence-electron chi connectivity index (χ4n) is 5.60. The first-order chi connectivity index (χ1) is 12.7. The Bertz CT molecular complexity index is 691. The number of aliphatic imine (C=N–C) groups is 2. The van der Waals surface area contributed by atoms with Crippen molar-refractivity contribution in [3.63, 3.8) is 0 Å². The van der Waals surface area contributed by atoms with Gasteiger partial charge in [-0.3, -0.25) is 9.98 Å². The molecule has 0 spiro atoms. The molecule has 0 saturated heterocycles. The molecule has 0 amide bonds. The molecule has 0 radical (unpaired) electrons. The zero-order valence-corrected chi connectivity index (χ0v) is 16.1. The molecule has 2 aliphatic carbocycles. The van der Waals surface area contributed by atoms with E-state index in [0.29, 0.717) is 24.2 Å². The second-order valence-electron chi connectivity index (χ2n) is 8.59. The van der Waals surface area contributed by atoms with E-state index < -0.39 is 0 Å². The third-order valence-electron chi connectivity index (χ3n) is 7.06. The van der Waals surface area contributed by atoms with Crippen LogP contribution in [0.3, 0.4) is 0 Å². The van der Waals surface area contributed by atoms with Crippen LogP contribution in [0, 0.1) is 0 Å². The number of nitrogens with one attached hydrogen (secondary N) is 1. The van der Waals surface area contributed by atoms with Gasteiger partial charge in [-0.2, -0.15) is 0 Å². The van der Waals surface area contributed by atoms with Gasteiger partial charge in [0.15, 0.2) is 0 Å². The molecule has 5 heteroatoms. The number of hydrogen-bond donors (Lipinski definition) is 1. The Morgan fingerprint density at radius 3 is 2.23 bits per heavy atom. The summed E-state index contributed by atoms with van der Waals surface area (Å²) >= 11 is 0. The van der Waals surface area contributed by atoms with Crippen LogP contribution >= 0.6 is 0 Å². The van der Waals surface area contributed by atoms with E-state index in [-0.39, 0.29) is 6.04 Å². The smallest absolute Gasteiger partial charge is 0.147 e. The SMILES string of the molecule is CN1C(C2=CC=CC(C3=NC4CCCCC4N3C)N2)=NC2CCCCC21. The van der Waals surface area contributed by atoms with Gasteiger partial charge in [0.2, 0.25) is 0 Å². The number of amidine groups is 2. The summed E-state index contributed by atoms with van der Waals surface area (Å²) < 4.78 is 0. The number of nitrogens with zero attached hydrogens (tertiary/aromatic N) is 4. The average molecular weight is 354 g/mol. The number of allylic oxidation sites excluding steroid dienone is 2. The fourth-order valence-corrected chi connectivity index (χ4v) is 5.60. The van der Waals surface area contributed by atoms with Crippen molar-refractivity contribution in [2.45, 2.75) is 81.6 Å². The summed E-state index contributed by atoms with van der Waals surface area (Å²) in [5.41, 5.74) is 1.17. The number of fused-ring (bicyclic) bond motifs is 2. The summed E-state index contributed by atoms with van der Waals surface area (Å²) in [6, 6.07) is 2.37. The Morgan fingerprint density at radius 2 is 1.54 bits per heavy atom. The van der Waals surface area contributed by atoms with Crippen LogP contribution in [0.15, 0.2) is 33.9 Å². The van der Waals surface area contributed by atoms with E-state index in [0.717, 1.165) is 5.84 Å². The monoisotopic (exact) mass is 353 g/mol. The lowest BCUT2D eigenvalue weighted by Crippen LogP contribution is -2.48. The van der Waals surface area contributed by atoms with Gasteiger partial charge in [0.1, 0.15) is 17.7 Å². The maximum atomic E-state index is 5.12. The van der Waals surface area contributed by atoms with E-state index in [4.69, 9.17) is 9.98 Å². The van der Waals surface area contributed by atoms with Gasteiger partial charge in [-0.25, -0.2) is 0 Å². The van der Waals surface area contributed by atoms with Crippen LogP contribution in [0.4, 0.5) is 0 Å². The fraction of sp³-hybridized carbons (Fsp3) is 0.714. The third kappa shape index (κ3) is 2.58. The summed E-state index contributed by atoms with van der Waals surface area (Å²) in [5.74, 6) is 2.36. The molecule has 5 atom stereocenters. The highest BCUT2D eigenvalue weighted by Gasteiger charge is 2.40.